The summed E-state index contributed by atoms with van der Waals surface area (Å²) in [6.45, 7) is 0.529. The molecule has 3 N–H and O–H groups in total. The number of aliphatic hydroxyl groups excluding tert-OH is 2. The van der Waals surface area contributed by atoms with Gasteiger partial charge in [0, 0.05) is 25.1 Å². The van der Waals surface area contributed by atoms with Crippen molar-refractivity contribution >= 4 is 12.4 Å². The average Bonchev–Trinajstić information content (AvgIpc) is 2.41. The van der Waals surface area contributed by atoms with Gasteiger partial charge < -0.3 is 20.3 Å². The zero-order valence-corrected chi connectivity index (χ0v) is 10.4. The van der Waals surface area contributed by atoms with Crippen LogP contribution in [0.15, 0.2) is 0 Å². The number of ether oxygens (including phenoxy) is 1. The highest BCUT2D eigenvalue weighted by atomic mass is 35.5. The van der Waals surface area contributed by atoms with Crippen molar-refractivity contribution in [3.05, 3.63) is 0 Å². The summed E-state index contributed by atoms with van der Waals surface area (Å²) in [4.78, 5) is 0. The molecule has 4 atom stereocenters. The van der Waals surface area contributed by atoms with E-state index in [2.05, 4.69) is 5.32 Å². The van der Waals surface area contributed by atoms with Gasteiger partial charge in [0.1, 0.15) is 0 Å². The van der Waals surface area contributed by atoms with E-state index in [1.807, 2.05) is 0 Å². The van der Waals surface area contributed by atoms with E-state index >= 15 is 0 Å². The fourth-order valence-electron chi connectivity index (χ4n) is 2.55. The molecule has 96 valence electrons. The predicted molar refractivity (Wildman–Crippen MR) is 63.8 cm³/mol. The Bertz CT molecular complexity index is 213. The summed E-state index contributed by atoms with van der Waals surface area (Å²) < 4.78 is 5.04. The number of halogens is 1. The number of nitrogens with one attached hydrogen (secondary N) is 1. The Labute approximate surface area is 103 Å². The molecule has 0 unspecified atom stereocenters. The Hall–Kier alpha value is 0.130. The van der Waals surface area contributed by atoms with E-state index in [9.17, 15) is 10.2 Å². The third kappa shape index (κ3) is 2.87. The van der Waals surface area contributed by atoms with Gasteiger partial charge in [-0.1, -0.05) is 6.42 Å². The third-order valence-electron chi connectivity index (χ3n) is 3.74. The van der Waals surface area contributed by atoms with Crippen LogP contribution in [0, 0.1) is 5.92 Å². The zero-order chi connectivity index (χ0) is 10.8. The number of rotatable bonds is 4. The van der Waals surface area contributed by atoms with Gasteiger partial charge in [-0.15, -0.1) is 12.4 Å². The van der Waals surface area contributed by atoms with Crippen LogP contribution in [0.5, 0.6) is 0 Å². The van der Waals surface area contributed by atoms with E-state index in [1.54, 1.807) is 7.11 Å². The van der Waals surface area contributed by atoms with Crippen LogP contribution in [-0.4, -0.2) is 48.2 Å². The van der Waals surface area contributed by atoms with Gasteiger partial charge in [-0.2, -0.15) is 0 Å². The molecular formula is C11H22ClNO3. The van der Waals surface area contributed by atoms with Crippen LogP contribution in [0.25, 0.3) is 0 Å². The second-order valence-electron chi connectivity index (χ2n) is 4.83. The topological polar surface area (TPSA) is 61.7 Å². The molecule has 2 aliphatic carbocycles. The molecule has 4 nitrogen and oxygen atoms in total. The summed E-state index contributed by atoms with van der Waals surface area (Å²) in [7, 11) is 1.63. The number of aliphatic hydroxyl groups is 2. The number of hydrogen-bond acceptors (Lipinski definition) is 4. The number of methoxy groups -OCH3 is 1. The van der Waals surface area contributed by atoms with Gasteiger partial charge in [-0.3, -0.25) is 0 Å². The van der Waals surface area contributed by atoms with Crippen LogP contribution in [0.1, 0.15) is 25.7 Å². The summed E-state index contributed by atoms with van der Waals surface area (Å²) >= 11 is 0. The van der Waals surface area contributed by atoms with Gasteiger partial charge in [-0.25, -0.2) is 0 Å². The van der Waals surface area contributed by atoms with Crippen molar-refractivity contribution in [3.63, 3.8) is 0 Å². The fourth-order valence-corrected chi connectivity index (χ4v) is 2.55. The van der Waals surface area contributed by atoms with E-state index < -0.39 is 12.2 Å². The van der Waals surface area contributed by atoms with Crippen LogP contribution in [0.2, 0.25) is 0 Å². The standard InChI is InChI=1S/C11H21NO3.ClH/c1-15-6-7-5-9(11(14)10(7)13)12-8-3-2-4-8;/h7-14H,2-6H2,1H3;1H/t7-,9-,10-,11+;/m1./s1. The smallest absolute Gasteiger partial charge is 0.0955 e. The molecule has 2 aliphatic rings. The summed E-state index contributed by atoms with van der Waals surface area (Å²) in [5.74, 6) is 0.0718. The molecule has 0 aromatic rings. The van der Waals surface area contributed by atoms with Crippen LogP contribution >= 0.6 is 12.4 Å². The van der Waals surface area contributed by atoms with Crippen molar-refractivity contribution in [2.24, 2.45) is 5.92 Å². The Kier molecular flexibility index (Phi) is 5.47. The molecule has 2 rings (SSSR count). The van der Waals surface area contributed by atoms with E-state index in [0.29, 0.717) is 12.6 Å². The maximum absolute atomic E-state index is 9.85. The fraction of sp³-hybridized carbons (Fsp3) is 1.00. The van der Waals surface area contributed by atoms with E-state index in [4.69, 9.17) is 4.74 Å². The summed E-state index contributed by atoms with van der Waals surface area (Å²) in [6.07, 6.45) is 3.23. The predicted octanol–water partition coefficient (Wildman–Crippen LogP) is 0.307. The summed E-state index contributed by atoms with van der Waals surface area (Å²) in [6, 6.07) is 0.601. The van der Waals surface area contributed by atoms with Crippen molar-refractivity contribution in [2.75, 3.05) is 13.7 Å². The van der Waals surface area contributed by atoms with Crippen molar-refractivity contribution in [2.45, 2.75) is 50.0 Å². The molecular weight excluding hydrogens is 230 g/mol. The molecule has 0 aromatic heterocycles. The molecule has 5 heteroatoms. The average molecular weight is 252 g/mol. The van der Waals surface area contributed by atoms with Crippen molar-refractivity contribution in [1.82, 2.24) is 5.32 Å². The van der Waals surface area contributed by atoms with Gasteiger partial charge in [0.05, 0.1) is 18.8 Å². The highest BCUT2D eigenvalue weighted by Crippen LogP contribution is 2.29. The second-order valence-corrected chi connectivity index (χ2v) is 4.83. The molecule has 2 fully saturated rings. The van der Waals surface area contributed by atoms with Crippen LogP contribution in [-0.2, 0) is 4.74 Å². The minimum absolute atomic E-state index is 0. The first-order valence-electron chi connectivity index (χ1n) is 5.83. The molecule has 0 radical (unpaired) electrons. The zero-order valence-electron chi connectivity index (χ0n) is 9.63. The van der Waals surface area contributed by atoms with E-state index in [1.165, 1.54) is 19.3 Å². The lowest BCUT2D eigenvalue weighted by molar-refractivity contribution is -0.00752. The molecule has 0 bridgehead atoms. The first kappa shape index (κ1) is 14.2. The van der Waals surface area contributed by atoms with Crippen molar-refractivity contribution < 1.29 is 14.9 Å². The summed E-state index contributed by atoms with van der Waals surface area (Å²) in [5.41, 5.74) is 0. The van der Waals surface area contributed by atoms with Gasteiger partial charge in [0.15, 0.2) is 0 Å². The molecule has 16 heavy (non-hydrogen) atoms. The maximum atomic E-state index is 9.85. The SMILES string of the molecule is COC[C@H]1C[C@@H](NC2CCC2)[C@H](O)[C@@H]1O.Cl. The molecule has 0 aromatic carbocycles. The summed E-state index contributed by atoms with van der Waals surface area (Å²) in [5, 5.41) is 23.1. The van der Waals surface area contributed by atoms with Crippen molar-refractivity contribution in [1.29, 1.82) is 0 Å². The molecule has 0 saturated heterocycles. The van der Waals surface area contributed by atoms with Crippen molar-refractivity contribution in [3.8, 4) is 0 Å². The first-order valence-corrected chi connectivity index (χ1v) is 5.83. The van der Waals surface area contributed by atoms with Crippen LogP contribution in [0.3, 0.4) is 0 Å². The van der Waals surface area contributed by atoms with Gasteiger partial charge in [0.2, 0.25) is 0 Å². The Morgan fingerprint density at radius 3 is 2.44 bits per heavy atom. The molecule has 0 spiro atoms. The third-order valence-corrected chi connectivity index (χ3v) is 3.74. The Morgan fingerprint density at radius 2 is 1.94 bits per heavy atom. The molecule has 2 saturated carbocycles. The lowest BCUT2D eigenvalue weighted by Gasteiger charge is -2.31. The lowest BCUT2D eigenvalue weighted by atomic mass is 9.92. The minimum Gasteiger partial charge on any atom is -0.390 e. The van der Waals surface area contributed by atoms with Gasteiger partial charge >= 0.3 is 0 Å². The van der Waals surface area contributed by atoms with E-state index in [0.717, 1.165) is 6.42 Å². The maximum Gasteiger partial charge on any atom is 0.0955 e. The number of hydrogen-bond donors (Lipinski definition) is 3. The molecule has 0 aliphatic heterocycles. The lowest BCUT2D eigenvalue weighted by Crippen LogP contribution is -2.47. The Morgan fingerprint density at radius 1 is 1.25 bits per heavy atom. The monoisotopic (exact) mass is 251 g/mol. The highest BCUT2D eigenvalue weighted by Gasteiger charge is 2.42. The van der Waals surface area contributed by atoms with Crippen LogP contribution < -0.4 is 5.32 Å². The first-order chi connectivity index (χ1) is 7.22. The Balaban J connectivity index is 0.00000128. The largest absolute Gasteiger partial charge is 0.390 e. The quantitative estimate of drug-likeness (QED) is 0.673. The normalized spacial score (nSPS) is 39.2. The minimum atomic E-state index is -0.637. The van der Waals surface area contributed by atoms with E-state index in [-0.39, 0.29) is 24.4 Å². The van der Waals surface area contributed by atoms with Gasteiger partial charge in [0.25, 0.3) is 0 Å². The molecule has 0 amide bonds. The molecule has 0 heterocycles. The van der Waals surface area contributed by atoms with Crippen LogP contribution in [0.4, 0.5) is 0 Å². The van der Waals surface area contributed by atoms with Gasteiger partial charge in [-0.05, 0) is 19.3 Å². The highest BCUT2D eigenvalue weighted by molar-refractivity contribution is 5.85. The second kappa shape index (κ2) is 6.17.